The molecule has 0 bridgehead atoms. The van der Waals surface area contributed by atoms with Crippen LogP contribution < -0.4 is 5.32 Å². The second-order valence-corrected chi connectivity index (χ2v) is 6.95. The van der Waals surface area contributed by atoms with Gasteiger partial charge in [0.25, 0.3) is 0 Å². The lowest BCUT2D eigenvalue weighted by molar-refractivity contribution is 0.00121. The molecule has 2 heterocycles. The van der Waals surface area contributed by atoms with Gasteiger partial charge in [0.1, 0.15) is 0 Å². The molecule has 21 heavy (non-hydrogen) atoms. The largest absolute Gasteiger partial charge is 0.308 e. The SMILES string of the molecule is CCC1(CC)CN(Cc2cc(C)nn2C)C(C)(CC)CN1. The van der Waals surface area contributed by atoms with E-state index in [4.69, 9.17) is 0 Å². The molecule has 1 saturated heterocycles. The molecule has 0 saturated carbocycles. The molecule has 0 spiro atoms. The van der Waals surface area contributed by atoms with E-state index in [1.807, 2.05) is 4.68 Å². The molecule has 0 aromatic carbocycles. The Hall–Kier alpha value is -0.870. The molecule has 2 rings (SSSR count). The first-order valence-electron chi connectivity index (χ1n) is 8.37. The Labute approximate surface area is 129 Å². The van der Waals surface area contributed by atoms with Crippen LogP contribution in [0.1, 0.15) is 58.3 Å². The lowest BCUT2D eigenvalue weighted by atomic mass is 9.83. The third kappa shape index (κ3) is 3.16. The molecule has 1 aromatic heterocycles. The Morgan fingerprint density at radius 1 is 1.24 bits per heavy atom. The minimum Gasteiger partial charge on any atom is -0.308 e. The summed E-state index contributed by atoms with van der Waals surface area (Å²) in [6.45, 7) is 14.5. The number of aromatic nitrogens is 2. The smallest absolute Gasteiger partial charge is 0.0597 e. The Morgan fingerprint density at radius 3 is 2.38 bits per heavy atom. The topological polar surface area (TPSA) is 33.1 Å². The summed E-state index contributed by atoms with van der Waals surface area (Å²) in [5, 5.41) is 8.35. The van der Waals surface area contributed by atoms with Gasteiger partial charge in [-0.25, -0.2) is 0 Å². The van der Waals surface area contributed by atoms with Crippen molar-refractivity contribution in [2.75, 3.05) is 13.1 Å². The van der Waals surface area contributed by atoms with Gasteiger partial charge in [0.2, 0.25) is 0 Å². The molecule has 0 amide bonds. The van der Waals surface area contributed by atoms with Gasteiger partial charge in [0.15, 0.2) is 0 Å². The summed E-state index contributed by atoms with van der Waals surface area (Å²) in [7, 11) is 2.06. The zero-order valence-corrected chi connectivity index (χ0v) is 14.7. The highest BCUT2D eigenvalue weighted by Gasteiger charge is 2.42. The fourth-order valence-electron chi connectivity index (χ4n) is 3.43. The summed E-state index contributed by atoms with van der Waals surface area (Å²) in [4.78, 5) is 2.67. The maximum Gasteiger partial charge on any atom is 0.0597 e. The van der Waals surface area contributed by atoms with Crippen LogP contribution in [-0.4, -0.2) is 38.8 Å². The highest BCUT2D eigenvalue weighted by Crippen LogP contribution is 2.31. The number of piperazine rings is 1. The maximum absolute atomic E-state index is 4.50. The molecule has 1 aliphatic rings. The van der Waals surface area contributed by atoms with E-state index in [2.05, 4.69) is 63.0 Å². The highest BCUT2D eigenvalue weighted by atomic mass is 15.3. The normalized spacial score (nSPS) is 26.2. The molecule has 4 heteroatoms. The van der Waals surface area contributed by atoms with Crippen LogP contribution in [0.4, 0.5) is 0 Å². The monoisotopic (exact) mass is 292 g/mol. The Morgan fingerprint density at radius 2 is 1.90 bits per heavy atom. The fraction of sp³-hybridized carbons (Fsp3) is 0.824. The van der Waals surface area contributed by atoms with Crippen molar-refractivity contribution in [2.45, 2.75) is 71.5 Å². The van der Waals surface area contributed by atoms with Crippen molar-refractivity contribution >= 4 is 0 Å². The molecule has 1 N–H and O–H groups in total. The summed E-state index contributed by atoms with van der Waals surface area (Å²) >= 11 is 0. The predicted molar refractivity (Wildman–Crippen MR) is 88.4 cm³/mol. The average Bonchev–Trinajstić information content (AvgIpc) is 2.79. The van der Waals surface area contributed by atoms with E-state index in [0.29, 0.717) is 0 Å². The molecule has 0 radical (unpaired) electrons. The first-order valence-corrected chi connectivity index (χ1v) is 8.37. The third-order valence-electron chi connectivity index (χ3n) is 5.67. The molecule has 4 nitrogen and oxygen atoms in total. The Balaban J connectivity index is 2.24. The van der Waals surface area contributed by atoms with E-state index < -0.39 is 0 Å². The van der Waals surface area contributed by atoms with Crippen molar-refractivity contribution in [2.24, 2.45) is 7.05 Å². The van der Waals surface area contributed by atoms with Crippen LogP contribution in [0, 0.1) is 6.92 Å². The third-order valence-corrected chi connectivity index (χ3v) is 5.67. The van der Waals surface area contributed by atoms with Gasteiger partial charge in [-0.05, 0) is 39.2 Å². The van der Waals surface area contributed by atoms with Crippen LogP contribution in [-0.2, 0) is 13.6 Å². The second kappa shape index (κ2) is 6.09. The lowest BCUT2D eigenvalue weighted by Crippen LogP contribution is -2.68. The van der Waals surface area contributed by atoms with Crippen LogP contribution >= 0.6 is 0 Å². The number of rotatable bonds is 5. The number of aryl methyl sites for hydroxylation is 2. The molecule has 120 valence electrons. The first-order chi connectivity index (χ1) is 9.88. The summed E-state index contributed by atoms with van der Waals surface area (Å²) < 4.78 is 2.03. The Kier molecular flexibility index (Phi) is 4.79. The molecule has 1 aliphatic heterocycles. The van der Waals surface area contributed by atoms with Crippen molar-refractivity contribution in [3.05, 3.63) is 17.5 Å². The fourth-order valence-corrected chi connectivity index (χ4v) is 3.43. The van der Waals surface area contributed by atoms with Crippen molar-refractivity contribution in [3.8, 4) is 0 Å². The van der Waals surface area contributed by atoms with Gasteiger partial charge in [-0.3, -0.25) is 9.58 Å². The summed E-state index contributed by atoms with van der Waals surface area (Å²) in [5.74, 6) is 0. The van der Waals surface area contributed by atoms with Gasteiger partial charge in [-0.2, -0.15) is 5.10 Å². The molecule has 1 atom stereocenters. The molecule has 1 fully saturated rings. The molecular weight excluding hydrogens is 260 g/mol. The summed E-state index contributed by atoms with van der Waals surface area (Å²) in [5.41, 5.74) is 2.92. The molecular formula is C17H32N4. The van der Waals surface area contributed by atoms with Gasteiger partial charge in [0.05, 0.1) is 11.4 Å². The van der Waals surface area contributed by atoms with Crippen molar-refractivity contribution in [1.82, 2.24) is 20.0 Å². The number of hydrogen-bond acceptors (Lipinski definition) is 3. The molecule has 0 aliphatic carbocycles. The van der Waals surface area contributed by atoms with E-state index >= 15 is 0 Å². The van der Waals surface area contributed by atoms with Crippen molar-refractivity contribution in [3.63, 3.8) is 0 Å². The Bertz CT molecular complexity index is 475. The first kappa shape index (κ1) is 16.5. The van der Waals surface area contributed by atoms with Gasteiger partial charge >= 0.3 is 0 Å². The van der Waals surface area contributed by atoms with Crippen LogP contribution in [0.3, 0.4) is 0 Å². The minimum absolute atomic E-state index is 0.228. The second-order valence-electron chi connectivity index (χ2n) is 6.95. The average molecular weight is 292 g/mol. The highest BCUT2D eigenvalue weighted by molar-refractivity contribution is 5.11. The lowest BCUT2D eigenvalue weighted by Gasteiger charge is -2.53. The van der Waals surface area contributed by atoms with Crippen molar-refractivity contribution in [1.29, 1.82) is 0 Å². The van der Waals surface area contributed by atoms with E-state index in [0.717, 1.165) is 25.3 Å². The summed E-state index contributed by atoms with van der Waals surface area (Å²) in [6, 6.07) is 2.22. The minimum atomic E-state index is 0.228. The number of nitrogens with zero attached hydrogens (tertiary/aromatic N) is 3. The van der Waals surface area contributed by atoms with Gasteiger partial charge in [-0.1, -0.05) is 20.8 Å². The van der Waals surface area contributed by atoms with Crippen LogP contribution in [0.5, 0.6) is 0 Å². The summed E-state index contributed by atoms with van der Waals surface area (Å²) in [6.07, 6.45) is 3.54. The quantitative estimate of drug-likeness (QED) is 0.906. The zero-order chi connectivity index (χ0) is 15.7. The van der Waals surface area contributed by atoms with Crippen LogP contribution in [0.25, 0.3) is 0 Å². The van der Waals surface area contributed by atoms with Crippen LogP contribution in [0.15, 0.2) is 6.07 Å². The maximum atomic E-state index is 4.50. The number of hydrogen-bond donors (Lipinski definition) is 1. The van der Waals surface area contributed by atoms with Gasteiger partial charge < -0.3 is 5.32 Å². The van der Waals surface area contributed by atoms with E-state index in [-0.39, 0.29) is 11.1 Å². The van der Waals surface area contributed by atoms with E-state index in [1.165, 1.54) is 25.0 Å². The van der Waals surface area contributed by atoms with Gasteiger partial charge in [0, 0.05) is 37.8 Å². The van der Waals surface area contributed by atoms with Crippen LogP contribution in [0.2, 0.25) is 0 Å². The molecule has 1 aromatic rings. The molecule has 1 unspecified atom stereocenters. The zero-order valence-electron chi connectivity index (χ0n) is 14.7. The standard InChI is InChI=1S/C17H32N4/c1-7-16(5)12-18-17(8-2,9-3)13-21(16)11-15-10-14(4)19-20(15)6/h10,18H,7-9,11-13H2,1-6H3. The number of nitrogens with one attached hydrogen (secondary N) is 1. The van der Waals surface area contributed by atoms with E-state index in [9.17, 15) is 0 Å². The van der Waals surface area contributed by atoms with E-state index in [1.54, 1.807) is 0 Å². The predicted octanol–water partition coefficient (Wildman–Crippen LogP) is 2.86. The van der Waals surface area contributed by atoms with Gasteiger partial charge in [-0.15, -0.1) is 0 Å². The van der Waals surface area contributed by atoms with Crippen molar-refractivity contribution < 1.29 is 0 Å².